The van der Waals surface area contributed by atoms with Crippen LogP contribution in [0.3, 0.4) is 0 Å². The van der Waals surface area contributed by atoms with Gasteiger partial charge in [-0.25, -0.2) is 4.98 Å². The van der Waals surface area contributed by atoms with E-state index < -0.39 is 11.9 Å². The predicted molar refractivity (Wildman–Crippen MR) is 82.8 cm³/mol. The molecule has 0 aliphatic carbocycles. The predicted octanol–water partition coefficient (Wildman–Crippen LogP) is 1.75. The molecule has 0 saturated heterocycles. The van der Waals surface area contributed by atoms with Gasteiger partial charge in [-0.2, -0.15) is 0 Å². The molecule has 2 N–H and O–H groups in total. The fourth-order valence-corrected chi connectivity index (χ4v) is 3.29. The number of carboxylic acid groups (broad SMARTS) is 1. The van der Waals surface area contributed by atoms with Crippen LogP contribution >= 0.6 is 11.3 Å². The standard InChI is InChI=1S/C14H19N3O3S/c1-7(14(19)20)5-17(4)6-10-15-12(18)11-8(2)9(3)21-13(11)16-10/h7H,5-6H2,1-4H3,(H,19,20)(H,15,16,18). The number of carboxylic acids is 1. The van der Waals surface area contributed by atoms with Gasteiger partial charge in [0, 0.05) is 11.4 Å². The Labute approximate surface area is 126 Å². The smallest absolute Gasteiger partial charge is 0.307 e. The Morgan fingerprint density at radius 2 is 2.14 bits per heavy atom. The average Bonchev–Trinajstić information content (AvgIpc) is 2.64. The van der Waals surface area contributed by atoms with E-state index in [2.05, 4.69) is 9.97 Å². The molecule has 0 amide bonds. The van der Waals surface area contributed by atoms with Gasteiger partial charge in [0.1, 0.15) is 10.7 Å². The van der Waals surface area contributed by atoms with Gasteiger partial charge in [-0.05, 0) is 26.5 Å². The van der Waals surface area contributed by atoms with E-state index in [0.29, 0.717) is 24.3 Å². The number of aliphatic carboxylic acids is 1. The number of aromatic nitrogens is 2. The van der Waals surface area contributed by atoms with Gasteiger partial charge in [-0.3, -0.25) is 14.5 Å². The third-order valence-corrected chi connectivity index (χ3v) is 4.62. The summed E-state index contributed by atoms with van der Waals surface area (Å²) in [4.78, 5) is 33.9. The topological polar surface area (TPSA) is 86.3 Å². The zero-order valence-electron chi connectivity index (χ0n) is 12.6. The van der Waals surface area contributed by atoms with Crippen molar-refractivity contribution in [2.24, 2.45) is 5.92 Å². The molecule has 0 aromatic carbocycles. The first-order valence-corrected chi connectivity index (χ1v) is 7.51. The van der Waals surface area contributed by atoms with Crippen molar-refractivity contribution >= 4 is 27.5 Å². The Morgan fingerprint density at radius 3 is 2.76 bits per heavy atom. The number of fused-ring (bicyclic) bond motifs is 1. The largest absolute Gasteiger partial charge is 0.481 e. The Morgan fingerprint density at radius 1 is 1.48 bits per heavy atom. The minimum Gasteiger partial charge on any atom is -0.481 e. The van der Waals surface area contributed by atoms with E-state index in [-0.39, 0.29) is 5.56 Å². The lowest BCUT2D eigenvalue weighted by molar-refractivity contribution is -0.141. The van der Waals surface area contributed by atoms with Crippen LogP contribution in [0.2, 0.25) is 0 Å². The minimum absolute atomic E-state index is 0.128. The Hall–Kier alpha value is -1.73. The summed E-state index contributed by atoms with van der Waals surface area (Å²) in [7, 11) is 1.81. The van der Waals surface area contributed by atoms with E-state index in [1.807, 2.05) is 25.8 Å². The molecule has 114 valence electrons. The fraction of sp³-hybridized carbons (Fsp3) is 0.500. The first-order valence-electron chi connectivity index (χ1n) is 6.69. The summed E-state index contributed by atoms with van der Waals surface area (Å²) in [5.41, 5.74) is 0.847. The molecule has 1 atom stereocenters. The maximum absolute atomic E-state index is 12.1. The minimum atomic E-state index is -0.830. The molecule has 0 aliphatic heterocycles. The molecule has 2 heterocycles. The third kappa shape index (κ3) is 3.30. The van der Waals surface area contributed by atoms with E-state index in [4.69, 9.17) is 5.11 Å². The summed E-state index contributed by atoms with van der Waals surface area (Å²) in [6.07, 6.45) is 0. The summed E-state index contributed by atoms with van der Waals surface area (Å²) in [6, 6.07) is 0. The fourth-order valence-electron chi connectivity index (χ4n) is 2.24. The third-order valence-electron chi connectivity index (χ3n) is 3.51. The SMILES string of the molecule is Cc1sc2nc(CN(C)CC(C)C(=O)O)[nH]c(=O)c2c1C. The van der Waals surface area contributed by atoms with E-state index in [9.17, 15) is 9.59 Å². The Bertz CT molecular complexity index is 735. The summed E-state index contributed by atoms with van der Waals surface area (Å²) in [5, 5.41) is 9.57. The molecular formula is C14H19N3O3S. The maximum Gasteiger partial charge on any atom is 0.307 e. The molecule has 0 fully saturated rings. The number of carbonyl (C=O) groups is 1. The van der Waals surface area contributed by atoms with E-state index >= 15 is 0 Å². The van der Waals surface area contributed by atoms with Gasteiger partial charge in [0.15, 0.2) is 0 Å². The molecule has 0 spiro atoms. The summed E-state index contributed by atoms with van der Waals surface area (Å²) >= 11 is 1.51. The van der Waals surface area contributed by atoms with E-state index in [1.54, 1.807) is 6.92 Å². The zero-order valence-corrected chi connectivity index (χ0v) is 13.4. The number of aryl methyl sites for hydroxylation is 2. The van der Waals surface area contributed by atoms with Crippen LogP contribution in [0, 0.1) is 19.8 Å². The van der Waals surface area contributed by atoms with Crippen molar-refractivity contribution in [3.05, 3.63) is 26.6 Å². The van der Waals surface area contributed by atoms with Gasteiger partial charge in [-0.15, -0.1) is 11.3 Å². The Balaban J connectivity index is 2.24. The van der Waals surface area contributed by atoms with Crippen molar-refractivity contribution in [3.8, 4) is 0 Å². The highest BCUT2D eigenvalue weighted by molar-refractivity contribution is 7.18. The normalized spacial score (nSPS) is 13.0. The van der Waals surface area contributed by atoms with E-state index in [1.165, 1.54) is 11.3 Å². The highest BCUT2D eigenvalue weighted by atomic mass is 32.1. The molecule has 7 heteroatoms. The monoisotopic (exact) mass is 309 g/mol. The number of H-pyrrole nitrogens is 1. The van der Waals surface area contributed by atoms with Crippen molar-refractivity contribution in [2.75, 3.05) is 13.6 Å². The Kier molecular flexibility index (Phi) is 4.43. The molecule has 0 bridgehead atoms. The second kappa shape index (κ2) is 5.95. The molecule has 0 saturated carbocycles. The summed E-state index contributed by atoms with van der Waals surface area (Å²) in [6.45, 7) is 6.37. The lowest BCUT2D eigenvalue weighted by Gasteiger charge is -2.18. The quantitative estimate of drug-likeness (QED) is 0.879. The first kappa shape index (κ1) is 15.7. The molecule has 2 aromatic heterocycles. The van der Waals surface area contributed by atoms with Crippen LogP contribution in [0.25, 0.3) is 10.2 Å². The summed E-state index contributed by atoms with van der Waals surface area (Å²) < 4.78 is 0. The maximum atomic E-state index is 12.1. The van der Waals surface area contributed by atoms with E-state index in [0.717, 1.165) is 15.3 Å². The van der Waals surface area contributed by atoms with Crippen LogP contribution in [-0.4, -0.2) is 39.5 Å². The molecule has 2 rings (SSSR count). The van der Waals surface area contributed by atoms with Crippen LogP contribution < -0.4 is 5.56 Å². The highest BCUT2D eigenvalue weighted by Crippen LogP contribution is 2.25. The van der Waals surface area contributed by atoms with Gasteiger partial charge in [0.25, 0.3) is 5.56 Å². The number of hydrogen-bond donors (Lipinski definition) is 2. The van der Waals surface area contributed by atoms with Crippen molar-refractivity contribution in [1.29, 1.82) is 0 Å². The average molecular weight is 309 g/mol. The molecular weight excluding hydrogens is 290 g/mol. The van der Waals surface area contributed by atoms with Crippen LogP contribution in [0.4, 0.5) is 0 Å². The number of nitrogens with zero attached hydrogens (tertiary/aromatic N) is 2. The number of aromatic amines is 1. The number of nitrogens with one attached hydrogen (secondary N) is 1. The lowest BCUT2D eigenvalue weighted by Crippen LogP contribution is -2.29. The number of rotatable bonds is 5. The molecule has 0 radical (unpaired) electrons. The van der Waals surface area contributed by atoms with Gasteiger partial charge >= 0.3 is 5.97 Å². The second-order valence-electron chi connectivity index (χ2n) is 5.41. The van der Waals surface area contributed by atoms with Crippen LogP contribution in [0.1, 0.15) is 23.2 Å². The summed E-state index contributed by atoms with van der Waals surface area (Å²) in [5.74, 6) is -0.728. The van der Waals surface area contributed by atoms with Gasteiger partial charge in [-0.1, -0.05) is 6.92 Å². The number of hydrogen-bond acceptors (Lipinski definition) is 5. The molecule has 6 nitrogen and oxygen atoms in total. The van der Waals surface area contributed by atoms with Crippen molar-refractivity contribution in [2.45, 2.75) is 27.3 Å². The van der Waals surface area contributed by atoms with Crippen LogP contribution in [-0.2, 0) is 11.3 Å². The lowest BCUT2D eigenvalue weighted by atomic mass is 10.2. The zero-order chi connectivity index (χ0) is 15.7. The van der Waals surface area contributed by atoms with Crippen molar-refractivity contribution in [3.63, 3.8) is 0 Å². The first-order chi connectivity index (χ1) is 9.79. The number of thiophene rings is 1. The molecule has 2 aromatic rings. The molecule has 0 aliphatic rings. The van der Waals surface area contributed by atoms with Crippen molar-refractivity contribution in [1.82, 2.24) is 14.9 Å². The molecule has 1 unspecified atom stereocenters. The van der Waals surface area contributed by atoms with Crippen LogP contribution in [0.15, 0.2) is 4.79 Å². The van der Waals surface area contributed by atoms with Gasteiger partial charge < -0.3 is 10.1 Å². The van der Waals surface area contributed by atoms with Crippen molar-refractivity contribution < 1.29 is 9.90 Å². The van der Waals surface area contributed by atoms with Crippen LogP contribution in [0.5, 0.6) is 0 Å². The van der Waals surface area contributed by atoms with Gasteiger partial charge in [0.05, 0.1) is 17.8 Å². The highest BCUT2D eigenvalue weighted by Gasteiger charge is 2.16. The second-order valence-corrected chi connectivity index (χ2v) is 6.62. The van der Waals surface area contributed by atoms with Gasteiger partial charge in [0.2, 0.25) is 0 Å². The molecule has 21 heavy (non-hydrogen) atoms.